The van der Waals surface area contributed by atoms with Gasteiger partial charge in [0.25, 0.3) is 0 Å². The van der Waals surface area contributed by atoms with Gasteiger partial charge in [0.15, 0.2) is 0 Å². The van der Waals surface area contributed by atoms with Gasteiger partial charge in [0.2, 0.25) is 5.91 Å². The summed E-state index contributed by atoms with van der Waals surface area (Å²) in [6.07, 6.45) is 2.85. The third-order valence-corrected chi connectivity index (χ3v) is 4.97. The largest absolute Gasteiger partial charge is 0.378 e. The summed E-state index contributed by atoms with van der Waals surface area (Å²) in [5.41, 5.74) is 1.38. The van der Waals surface area contributed by atoms with Crippen molar-refractivity contribution in [2.45, 2.75) is 31.8 Å². The summed E-state index contributed by atoms with van der Waals surface area (Å²) in [5.74, 6) is 0.751. The SMILES string of the molecule is O=C(CC1COCCN1)NCC1CCN(Cc2ccccc2)CC1. The van der Waals surface area contributed by atoms with Crippen LogP contribution in [0.5, 0.6) is 0 Å². The summed E-state index contributed by atoms with van der Waals surface area (Å²) >= 11 is 0. The Balaban J connectivity index is 1.31. The van der Waals surface area contributed by atoms with Crippen molar-refractivity contribution < 1.29 is 9.53 Å². The first-order chi connectivity index (χ1) is 11.8. The summed E-state index contributed by atoms with van der Waals surface area (Å²) < 4.78 is 5.39. The first-order valence-corrected chi connectivity index (χ1v) is 9.13. The monoisotopic (exact) mass is 331 g/mol. The number of carbonyl (C=O) groups excluding carboxylic acids is 1. The molecule has 0 saturated carbocycles. The average molecular weight is 331 g/mol. The first-order valence-electron chi connectivity index (χ1n) is 9.13. The maximum atomic E-state index is 12.0. The fourth-order valence-electron chi connectivity index (χ4n) is 3.50. The van der Waals surface area contributed by atoms with Gasteiger partial charge in [0.1, 0.15) is 0 Å². The Labute approximate surface area is 144 Å². The zero-order chi connectivity index (χ0) is 16.6. The topological polar surface area (TPSA) is 53.6 Å². The van der Waals surface area contributed by atoms with Crippen LogP contribution in [-0.4, -0.2) is 56.2 Å². The highest BCUT2D eigenvalue weighted by atomic mass is 16.5. The Morgan fingerprint density at radius 3 is 2.75 bits per heavy atom. The average Bonchev–Trinajstić information content (AvgIpc) is 2.63. The van der Waals surface area contributed by atoms with Gasteiger partial charge < -0.3 is 15.4 Å². The molecular formula is C19H29N3O2. The van der Waals surface area contributed by atoms with Crippen LogP contribution >= 0.6 is 0 Å². The van der Waals surface area contributed by atoms with E-state index in [2.05, 4.69) is 45.9 Å². The van der Waals surface area contributed by atoms with Crippen molar-refractivity contribution in [1.82, 2.24) is 15.5 Å². The summed E-state index contributed by atoms with van der Waals surface area (Å²) in [6.45, 7) is 6.32. The van der Waals surface area contributed by atoms with Crippen LogP contribution in [0.25, 0.3) is 0 Å². The summed E-state index contributed by atoms with van der Waals surface area (Å²) in [5, 5.41) is 6.44. The van der Waals surface area contributed by atoms with Gasteiger partial charge in [-0.1, -0.05) is 30.3 Å². The molecule has 1 unspecified atom stereocenters. The van der Waals surface area contributed by atoms with Crippen molar-refractivity contribution in [3.05, 3.63) is 35.9 Å². The van der Waals surface area contributed by atoms with E-state index in [1.165, 1.54) is 5.56 Å². The molecule has 24 heavy (non-hydrogen) atoms. The molecule has 2 saturated heterocycles. The van der Waals surface area contributed by atoms with E-state index in [9.17, 15) is 4.79 Å². The number of nitrogens with one attached hydrogen (secondary N) is 2. The van der Waals surface area contributed by atoms with Crippen LogP contribution in [0, 0.1) is 5.92 Å². The van der Waals surface area contributed by atoms with Crippen molar-refractivity contribution in [3.63, 3.8) is 0 Å². The van der Waals surface area contributed by atoms with E-state index in [1.807, 2.05) is 0 Å². The molecule has 5 heteroatoms. The highest BCUT2D eigenvalue weighted by Gasteiger charge is 2.21. The Morgan fingerprint density at radius 2 is 2.04 bits per heavy atom. The number of amides is 1. The van der Waals surface area contributed by atoms with E-state index in [-0.39, 0.29) is 11.9 Å². The Kier molecular flexibility index (Phi) is 6.64. The van der Waals surface area contributed by atoms with E-state index in [4.69, 9.17) is 4.74 Å². The lowest BCUT2D eigenvalue weighted by atomic mass is 9.96. The lowest BCUT2D eigenvalue weighted by Gasteiger charge is -2.32. The molecular weight excluding hydrogens is 302 g/mol. The van der Waals surface area contributed by atoms with Gasteiger partial charge in [-0.3, -0.25) is 9.69 Å². The van der Waals surface area contributed by atoms with Gasteiger partial charge in [0.05, 0.1) is 13.2 Å². The minimum Gasteiger partial charge on any atom is -0.378 e. The quantitative estimate of drug-likeness (QED) is 0.827. The molecule has 0 aliphatic carbocycles. The first kappa shape index (κ1) is 17.4. The summed E-state index contributed by atoms with van der Waals surface area (Å²) in [6, 6.07) is 10.8. The van der Waals surface area contributed by atoms with Crippen LogP contribution in [0.3, 0.4) is 0 Å². The normalized spacial score (nSPS) is 23.1. The lowest BCUT2D eigenvalue weighted by molar-refractivity contribution is -0.122. The predicted molar refractivity (Wildman–Crippen MR) is 94.7 cm³/mol. The van der Waals surface area contributed by atoms with Gasteiger partial charge in [-0.15, -0.1) is 0 Å². The van der Waals surface area contributed by atoms with Gasteiger partial charge in [-0.05, 0) is 37.4 Å². The number of likely N-dealkylation sites (tertiary alicyclic amines) is 1. The maximum Gasteiger partial charge on any atom is 0.221 e. The molecule has 3 rings (SSSR count). The highest BCUT2D eigenvalue weighted by molar-refractivity contribution is 5.76. The molecule has 0 spiro atoms. The third-order valence-electron chi connectivity index (χ3n) is 4.97. The van der Waals surface area contributed by atoms with Crippen molar-refractivity contribution in [2.24, 2.45) is 5.92 Å². The second kappa shape index (κ2) is 9.16. The fourth-order valence-corrected chi connectivity index (χ4v) is 3.50. The van der Waals surface area contributed by atoms with Crippen LogP contribution in [0.4, 0.5) is 0 Å². The van der Waals surface area contributed by atoms with Crippen molar-refractivity contribution in [1.29, 1.82) is 0 Å². The molecule has 5 nitrogen and oxygen atoms in total. The fraction of sp³-hybridized carbons (Fsp3) is 0.632. The van der Waals surface area contributed by atoms with Crippen molar-refractivity contribution in [3.8, 4) is 0 Å². The predicted octanol–water partition coefficient (Wildman–Crippen LogP) is 1.39. The maximum absolute atomic E-state index is 12.0. The second-order valence-electron chi connectivity index (χ2n) is 6.94. The molecule has 2 aliphatic heterocycles. The molecule has 2 fully saturated rings. The van der Waals surface area contributed by atoms with E-state index in [1.54, 1.807) is 0 Å². The van der Waals surface area contributed by atoms with Gasteiger partial charge in [-0.2, -0.15) is 0 Å². The van der Waals surface area contributed by atoms with E-state index < -0.39 is 0 Å². The summed E-state index contributed by atoms with van der Waals surface area (Å²) in [7, 11) is 0. The second-order valence-corrected chi connectivity index (χ2v) is 6.94. The number of ether oxygens (including phenoxy) is 1. The van der Waals surface area contributed by atoms with Crippen LogP contribution in [0.2, 0.25) is 0 Å². The standard InChI is InChI=1S/C19H29N3O2/c23-19(12-18-15-24-11-8-20-18)21-13-16-6-9-22(10-7-16)14-17-4-2-1-3-5-17/h1-5,16,18,20H,6-15H2,(H,21,23). The number of benzene rings is 1. The molecule has 0 bridgehead atoms. The van der Waals surface area contributed by atoms with Gasteiger partial charge in [-0.25, -0.2) is 0 Å². The molecule has 1 aromatic rings. The van der Waals surface area contributed by atoms with Gasteiger partial charge >= 0.3 is 0 Å². The van der Waals surface area contributed by atoms with Crippen LogP contribution in [0.15, 0.2) is 30.3 Å². The number of carbonyl (C=O) groups is 1. The number of hydrogen-bond donors (Lipinski definition) is 2. The number of hydrogen-bond acceptors (Lipinski definition) is 4. The Hall–Kier alpha value is -1.43. The van der Waals surface area contributed by atoms with Gasteiger partial charge in [0, 0.05) is 32.1 Å². The summed E-state index contributed by atoms with van der Waals surface area (Å²) in [4.78, 5) is 14.6. The van der Waals surface area contributed by atoms with Crippen molar-refractivity contribution >= 4 is 5.91 Å². The Morgan fingerprint density at radius 1 is 1.25 bits per heavy atom. The molecule has 1 amide bonds. The minimum atomic E-state index is 0.143. The lowest BCUT2D eigenvalue weighted by Crippen LogP contribution is -2.45. The van der Waals surface area contributed by atoms with Crippen LogP contribution in [0.1, 0.15) is 24.8 Å². The van der Waals surface area contributed by atoms with E-state index in [0.717, 1.165) is 52.2 Å². The zero-order valence-electron chi connectivity index (χ0n) is 14.4. The van der Waals surface area contributed by atoms with Crippen LogP contribution in [-0.2, 0) is 16.1 Å². The number of piperidine rings is 1. The molecule has 2 heterocycles. The molecule has 1 aromatic carbocycles. The molecule has 0 aromatic heterocycles. The Bertz CT molecular complexity index is 495. The smallest absolute Gasteiger partial charge is 0.221 e. The highest BCUT2D eigenvalue weighted by Crippen LogP contribution is 2.18. The van der Waals surface area contributed by atoms with E-state index in [0.29, 0.717) is 18.9 Å². The zero-order valence-corrected chi connectivity index (χ0v) is 14.4. The minimum absolute atomic E-state index is 0.143. The molecule has 0 radical (unpaired) electrons. The third kappa shape index (κ3) is 5.58. The molecule has 2 aliphatic rings. The van der Waals surface area contributed by atoms with E-state index >= 15 is 0 Å². The number of morpholine rings is 1. The van der Waals surface area contributed by atoms with Crippen molar-refractivity contribution in [2.75, 3.05) is 39.4 Å². The molecule has 132 valence electrons. The van der Waals surface area contributed by atoms with Crippen LogP contribution < -0.4 is 10.6 Å². The number of rotatable bonds is 6. The molecule has 1 atom stereocenters. The molecule has 2 N–H and O–H groups in total. The number of nitrogens with zero attached hydrogens (tertiary/aromatic N) is 1.